The first-order valence-electron chi connectivity index (χ1n) is 8.21. The first-order valence-corrected chi connectivity index (χ1v) is 9.03. The minimum Gasteiger partial charge on any atom is -0.353 e. The van der Waals surface area contributed by atoms with Gasteiger partial charge in [0.25, 0.3) is 5.91 Å². The Hall–Kier alpha value is -1.43. The molecule has 1 heterocycles. The molecule has 3 rings (SSSR count). The molecule has 22 heavy (non-hydrogen) atoms. The summed E-state index contributed by atoms with van der Waals surface area (Å²) in [7, 11) is 0. The second kappa shape index (κ2) is 6.77. The van der Waals surface area contributed by atoms with E-state index in [1.807, 2.05) is 6.92 Å². The second-order valence-electron chi connectivity index (χ2n) is 6.30. The summed E-state index contributed by atoms with van der Waals surface area (Å²) in [5, 5.41) is 6.63. The molecule has 0 saturated heterocycles. The van der Waals surface area contributed by atoms with Crippen molar-refractivity contribution in [3.05, 3.63) is 15.6 Å². The average Bonchev–Trinajstić information content (AvgIpc) is 3.22. The molecule has 1 atom stereocenters. The fourth-order valence-corrected chi connectivity index (χ4v) is 3.86. The van der Waals surface area contributed by atoms with E-state index in [0.717, 1.165) is 42.8 Å². The molecule has 1 saturated carbocycles. The van der Waals surface area contributed by atoms with Crippen molar-refractivity contribution in [2.75, 3.05) is 6.54 Å². The number of rotatable bonds is 6. The molecule has 6 heteroatoms. The molecule has 2 aliphatic carbocycles. The molecule has 0 unspecified atom stereocenters. The molecular formula is C16H23N3O2S. The highest BCUT2D eigenvalue weighted by Crippen LogP contribution is 2.29. The predicted octanol–water partition coefficient (Wildman–Crippen LogP) is 2.06. The quantitative estimate of drug-likeness (QED) is 0.842. The van der Waals surface area contributed by atoms with Gasteiger partial charge in [0.05, 0.1) is 5.69 Å². The van der Waals surface area contributed by atoms with Gasteiger partial charge in [-0.2, -0.15) is 0 Å². The number of amides is 2. The highest BCUT2D eigenvalue weighted by molar-refractivity contribution is 7.13. The van der Waals surface area contributed by atoms with Crippen LogP contribution in [0.15, 0.2) is 0 Å². The van der Waals surface area contributed by atoms with E-state index in [2.05, 4.69) is 15.6 Å². The molecule has 1 aromatic rings. The smallest absolute Gasteiger partial charge is 0.280 e. The van der Waals surface area contributed by atoms with Gasteiger partial charge in [-0.3, -0.25) is 9.59 Å². The van der Waals surface area contributed by atoms with Gasteiger partial charge in [-0.1, -0.05) is 6.92 Å². The third-order valence-corrected chi connectivity index (χ3v) is 5.34. The Balaban J connectivity index is 1.57. The van der Waals surface area contributed by atoms with Crippen LogP contribution in [0.5, 0.6) is 0 Å². The maximum Gasteiger partial charge on any atom is 0.280 e. The van der Waals surface area contributed by atoms with Crippen LogP contribution in [0.2, 0.25) is 0 Å². The normalized spacial score (nSPS) is 20.3. The van der Waals surface area contributed by atoms with Gasteiger partial charge < -0.3 is 10.6 Å². The lowest BCUT2D eigenvalue weighted by molar-refractivity contribution is -0.121. The highest BCUT2D eigenvalue weighted by Gasteiger charge is 2.26. The molecule has 2 amide bonds. The Morgan fingerprint density at radius 1 is 1.32 bits per heavy atom. The first kappa shape index (κ1) is 15.5. The molecular weight excluding hydrogens is 298 g/mol. The van der Waals surface area contributed by atoms with Crippen molar-refractivity contribution in [2.24, 2.45) is 5.92 Å². The van der Waals surface area contributed by atoms with Crippen molar-refractivity contribution in [3.63, 3.8) is 0 Å². The zero-order valence-electron chi connectivity index (χ0n) is 13.0. The maximum atomic E-state index is 12.1. The Labute approximate surface area is 134 Å². The molecule has 2 aliphatic rings. The van der Waals surface area contributed by atoms with E-state index in [1.54, 1.807) is 0 Å². The summed E-state index contributed by atoms with van der Waals surface area (Å²) in [6, 6.07) is 0.189. The van der Waals surface area contributed by atoms with E-state index in [1.165, 1.54) is 24.2 Å². The van der Waals surface area contributed by atoms with Gasteiger partial charge in [-0.25, -0.2) is 4.98 Å². The molecule has 5 nitrogen and oxygen atoms in total. The summed E-state index contributed by atoms with van der Waals surface area (Å²) in [6.07, 6.45) is 6.48. The number of aromatic nitrogens is 1. The van der Waals surface area contributed by atoms with Gasteiger partial charge in [-0.05, 0) is 38.0 Å². The molecule has 2 N–H and O–H groups in total. The van der Waals surface area contributed by atoms with Gasteiger partial charge in [0.1, 0.15) is 0 Å². The summed E-state index contributed by atoms with van der Waals surface area (Å²) in [4.78, 5) is 29.5. The lowest BCUT2D eigenvalue weighted by Gasteiger charge is -2.22. The number of carbonyl (C=O) groups excluding carboxylic acids is 2. The molecule has 0 spiro atoms. The van der Waals surface area contributed by atoms with Gasteiger partial charge in [0, 0.05) is 30.3 Å². The van der Waals surface area contributed by atoms with E-state index in [-0.39, 0.29) is 17.9 Å². The van der Waals surface area contributed by atoms with E-state index in [4.69, 9.17) is 0 Å². The van der Waals surface area contributed by atoms with Crippen molar-refractivity contribution in [1.82, 2.24) is 15.6 Å². The zero-order valence-corrected chi connectivity index (χ0v) is 13.8. The maximum absolute atomic E-state index is 12.1. The second-order valence-corrected chi connectivity index (χ2v) is 7.38. The summed E-state index contributed by atoms with van der Waals surface area (Å²) in [5.41, 5.74) is 1.04. The van der Waals surface area contributed by atoms with Crippen LogP contribution in [-0.4, -0.2) is 29.4 Å². The molecule has 1 aromatic heterocycles. The topological polar surface area (TPSA) is 71.1 Å². The lowest BCUT2D eigenvalue weighted by Crippen LogP contribution is -2.38. The highest BCUT2D eigenvalue weighted by atomic mass is 32.1. The SMILES string of the molecule is CCCC(=O)N[C@@H]1CCc2nc(C(=O)NCC3CC3)sc2C1. The molecule has 0 aliphatic heterocycles. The van der Waals surface area contributed by atoms with Crippen molar-refractivity contribution in [1.29, 1.82) is 0 Å². The molecule has 120 valence electrons. The van der Waals surface area contributed by atoms with Crippen LogP contribution in [0.1, 0.15) is 59.4 Å². The summed E-state index contributed by atoms with van der Waals surface area (Å²) < 4.78 is 0. The van der Waals surface area contributed by atoms with Crippen LogP contribution >= 0.6 is 11.3 Å². The number of fused-ring (bicyclic) bond motifs is 1. The number of nitrogens with zero attached hydrogens (tertiary/aromatic N) is 1. The fourth-order valence-electron chi connectivity index (χ4n) is 2.76. The molecule has 0 aromatic carbocycles. The summed E-state index contributed by atoms with van der Waals surface area (Å²) in [6.45, 7) is 2.78. The number of nitrogens with one attached hydrogen (secondary N) is 2. The predicted molar refractivity (Wildman–Crippen MR) is 86.0 cm³/mol. The monoisotopic (exact) mass is 321 g/mol. The van der Waals surface area contributed by atoms with E-state index in [9.17, 15) is 9.59 Å². The average molecular weight is 321 g/mol. The van der Waals surface area contributed by atoms with Crippen LogP contribution in [0.4, 0.5) is 0 Å². The van der Waals surface area contributed by atoms with Crippen molar-refractivity contribution >= 4 is 23.2 Å². The van der Waals surface area contributed by atoms with Crippen LogP contribution in [0, 0.1) is 5.92 Å². The zero-order chi connectivity index (χ0) is 15.5. The third-order valence-electron chi connectivity index (χ3n) is 4.22. The van der Waals surface area contributed by atoms with Gasteiger partial charge >= 0.3 is 0 Å². The Bertz CT molecular complexity index is 566. The van der Waals surface area contributed by atoms with Gasteiger partial charge in [-0.15, -0.1) is 11.3 Å². The molecule has 0 radical (unpaired) electrons. The standard InChI is InChI=1S/C16H23N3O2S/c1-2-3-14(20)18-11-6-7-12-13(8-11)22-16(19-12)15(21)17-9-10-4-5-10/h10-11H,2-9H2,1H3,(H,17,21)(H,18,20)/t11-/m1/s1. The van der Waals surface area contributed by atoms with Crippen molar-refractivity contribution in [3.8, 4) is 0 Å². The van der Waals surface area contributed by atoms with Crippen LogP contribution in [0.25, 0.3) is 0 Å². The number of aryl methyl sites for hydroxylation is 1. The van der Waals surface area contributed by atoms with Gasteiger partial charge in [0.2, 0.25) is 5.91 Å². The van der Waals surface area contributed by atoms with Crippen LogP contribution < -0.4 is 10.6 Å². The van der Waals surface area contributed by atoms with E-state index in [0.29, 0.717) is 17.3 Å². The van der Waals surface area contributed by atoms with Crippen LogP contribution in [0.3, 0.4) is 0 Å². The van der Waals surface area contributed by atoms with E-state index >= 15 is 0 Å². The lowest BCUT2D eigenvalue weighted by atomic mass is 9.97. The number of hydrogen-bond acceptors (Lipinski definition) is 4. The van der Waals surface area contributed by atoms with Crippen molar-refractivity contribution in [2.45, 2.75) is 57.9 Å². The number of thiazole rings is 1. The fraction of sp³-hybridized carbons (Fsp3) is 0.688. The Kier molecular flexibility index (Phi) is 4.76. The Morgan fingerprint density at radius 2 is 2.14 bits per heavy atom. The molecule has 0 bridgehead atoms. The van der Waals surface area contributed by atoms with Crippen LogP contribution in [-0.2, 0) is 17.6 Å². The number of carbonyl (C=O) groups is 2. The minimum absolute atomic E-state index is 0.0436. The van der Waals surface area contributed by atoms with E-state index < -0.39 is 0 Å². The minimum atomic E-state index is -0.0436. The first-order chi connectivity index (χ1) is 10.7. The largest absolute Gasteiger partial charge is 0.353 e. The Morgan fingerprint density at radius 3 is 2.86 bits per heavy atom. The summed E-state index contributed by atoms with van der Waals surface area (Å²) >= 11 is 1.49. The molecule has 1 fully saturated rings. The third kappa shape index (κ3) is 3.85. The van der Waals surface area contributed by atoms with Crippen molar-refractivity contribution < 1.29 is 9.59 Å². The number of hydrogen-bond donors (Lipinski definition) is 2. The summed E-state index contributed by atoms with van der Waals surface area (Å²) in [5.74, 6) is 0.762. The van der Waals surface area contributed by atoms with Gasteiger partial charge in [0.15, 0.2) is 5.01 Å².